The summed E-state index contributed by atoms with van der Waals surface area (Å²) in [6.07, 6.45) is 2.30. The van der Waals surface area contributed by atoms with Gasteiger partial charge in [0.05, 0.1) is 12.6 Å². The molecule has 27 heavy (non-hydrogen) atoms. The Bertz CT molecular complexity index is 704. The van der Waals surface area contributed by atoms with Gasteiger partial charge in [-0.1, -0.05) is 43.3 Å². The summed E-state index contributed by atoms with van der Waals surface area (Å²) in [5.41, 5.74) is 3.18. The summed E-state index contributed by atoms with van der Waals surface area (Å²) in [6.45, 7) is 5.36. The van der Waals surface area contributed by atoms with Crippen LogP contribution in [0.3, 0.4) is 0 Å². The van der Waals surface area contributed by atoms with Crippen molar-refractivity contribution in [3.05, 3.63) is 65.2 Å². The molecule has 0 saturated carbocycles. The lowest BCUT2D eigenvalue weighted by atomic mass is 10.0. The Kier molecular flexibility index (Phi) is 8.65. The van der Waals surface area contributed by atoms with Crippen LogP contribution in [-0.4, -0.2) is 24.4 Å². The minimum Gasteiger partial charge on any atom is -0.494 e. The van der Waals surface area contributed by atoms with Crippen molar-refractivity contribution in [2.24, 2.45) is 0 Å². The highest BCUT2D eigenvalue weighted by Crippen LogP contribution is 2.19. The number of benzene rings is 2. The second-order valence-electron chi connectivity index (χ2n) is 6.59. The number of aryl methyl sites for hydroxylation is 1. The van der Waals surface area contributed by atoms with Gasteiger partial charge in [-0.3, -0.25) is 0 Å². The maximum Gasteiger partial charge on any atom is 0.315 e. The van der Waals surface area contributed by atoms with Gasteiger partial charge in [0.1, 0.15) is 5.75 Å². The molecule has 0 fully saturated rings. The van der Waals surface area contributed by atoms with Crippen LogP contribution in [-0.2, 0) is 6.54 Å². The van der Waals surface area contributed by atoms with Crippen LogP contribution in [0.5, 0.6) is 5.75 Å². The average molecular weight is 370 g/mol. The minimum absolute atomic E-state index is 0.109. The fourth-order valence-corrected chi connectivity index (χ4v) is 2.86. The van der Waals surface area contributed by atoms with Crippen molar-refractivity contribution in [2.45, 2.75) is 45.7 Å². The third-order valence-corrected chi connectivity index (χ3v) is 4.38. The molecule has 5 nitrogen and oxygen atoms in total. The summed E-state index contributed by atoms with van der Waals surface area (Å²) in [5.74, 6) is 0.857. The second-order valence-corrected chi connectivity index (χ2v) is 6.59. The van der Waals surface area contributed by atoms with Crippen molar-refractivity contribution in [3.8, 4) is 5.75 Å². The molecule has 2 rings (SSSR count). The first-order valence-electron chi connectivity index (χ1n) is 9.56. The number of carbonyl (C=O) groups is 1. The molecule has 0 spiro atoms. The largest absolute Gasteiger partial charge is 0.494 e. The van der Waals surface area contributed by atoms with Gasteiger partial charge in [-0.05, 0) is 55.0 Å². The standard InChI is InChI=1S/C22H30N2O3/c1-3-14-27-20-12-11-19(17(2)15-20)16-23-22(26)24-21(10-7-13-25)18-8-5-4-6-9-18/h4-6,8-9,11-12,15,21,25H,3,7,10,13-14,16H2,1-2H3,(H2,23,24,26)/t21-/m1/s1. The number of hydrogen-bond donors (Lipinski definition) is 3. The summed E-state index contributed by atoms with van der Waals surface area (Å²) < 4.78 is 5.64. The Labute approximate surface area is 161 Å². The lowest BCUT2D eigenvalue weighted by molar-refractivity contribution is 0.232. The average Bonchev–Trinajstić information content (AvgIpc) is 2.69. The molecular formula is C22H30N2O3. The SMILES string of the molecule is CCCOc1ccc(CNC(=O)N[C@H](CCCO)c2ccccc2)c(C)c1. The van der Waals surface area contributed by atoms with E-state index in [1.807, 2.05) is 55.5 Å². The predicted octanol–water partition coefficient (Wildman–Crippen LogP) is 4.10. The van der Waals surface area contributed by atoms with Crippen molar-refractivity contribution in [3.63, 3.8) is 0 Å². The number of nitrogens with one attached hydrogen (secondary N) is 2. The summed E-state index contributed by atoms with van der Waals surface area (Å²) in [5, 5.41) is 15.1. The third kappa shape index (κ3) is 6.94. The molecule has 0 radical (unpaired) electrons. The van der Waals surface area contributed by atoms with Crippen molar-refractivity contribution >= 4 is 6.03 Å². The molecule has 5 heteroatoms. The van der Waals surface area contributed by atoms with Gasteiger partial charge in [0.2, 0.25) is 0 Å². The van der Waals surface area contributed by atoms with E-state index < -0.39 is 0 Å². The molecule has 0 aromatic heterocycles. The van der Waals surface area contributed by atoms with Crippen LogP contribution in [0.25, 0.3) is 0 Å². The molecule has 0 heterocycles. The van der Waals surface area contributed by atoms with E-state index in [1.54, 1.807) is 0 Å². The molecule has 2 amide bonds. The first kappa shape index (κ1) is 20.8. The summed E-state index contributed by atoms with van der Waals surface area (Å²) >= 11 is 0. The van der Waals surface area contributed by atoms with E-state index in [0.717, 1.165) is 28.9 Å². The molecule has 146 valence electrons. The van der Waals surface area contributed by atoms with Crippen LogP contribution < -0.4 is 15.4 Å². The van der Waals surface area contributed by atoms with Crippen LogP contribution in [0.15, 0.2) is 48.5 Å². The quantitative estimate of drug-likeness (QED) is 0.590. The Morgan fingerprint density at radius 2 is 1.96 bits per heavy atom. The van der Waals surface area contributed by atoms with Gasteiger partial charge in [0.25, 0.3) is 0 Å². The van der Waals surface area contributed by atoms with Crippen molar-refractivity contribution in [1.82, 2.24) is 10.6 Å². The zero-order chi connectivity index (χ0) is 19.5. The lowest BCUT2D eigenvalue weighted by Gasteiger charge is -2.19. The molecule has 1 atom stereocenters. The molecule has 0 bridgehead atoms. The summed E-state index contributed by atoms with van der Waals surface area (Å²) in [4.78, 5) is 12.4. The first-order chi connectivity index (χ1) is 13.1. The van der Waals surface area contributed by atoms with Gasteiger partial charge in [-0.2, -0.15) is 0 Å². The van der Waals surface area contributed by atoms with Crippen LogP contribution in [0, 0.1) is 6.92 Å². The number of rotatable bonds is 10. The van der Waals surface area contributed by atoms with Gasteiger partial charge < -0.3 is 20.5 Å². The van der Waals surface area contributed by atoms with E-state index in [1.165, 1.54) is 0 Å². The van der Waals surface area contributed by atoms with Gasteiger partial charge in [-0.15, -0.1) is 0 Å². The molecule has 0 saturated heterocycles. The highest BCUT2D eigenvalue weighted by molar-refractivity contribution is 5.74. The second kappa shape index (κ2) is 11.2. The number of hydrogen-bond acceptors (Lipinski definition) is 3. The number of carbonyl (C=O) groups excluding carboxylic acids is 1. The Morgan fingerprint density at radius 3 is 2.63 bits per heavy atom. The molecule has 0 aliphatic heterocycles. The van der Waals surface area contributed by atoms with E-state index in [9.17, 15) is 4.79 Å². The molecule has 2 aromatic carbocycles. The van der Waals surface area contributed by atoms with Crippen molar-refractivity contribution in [2.75, 3.05) is 13.2 Å². The fourth-order valence-electron chi connectivity index (χ4n) is 2.86. The van der Waals surface area contributed by atoms with Crippen molar-refractivity contribution in [1.29, 1.82) is 0 Å². The van der Waals surface area contributed by atoms with Crippen LogP contribution in [0.1, 0.15) is 48.9 Å². The molecule has 0 aliphatic rings. The van der Waals surface area contributed by atoms with Gasteiger partial charge in [0, 0.05) is 13.2 Å². The minimum atomic E-state index is -0.215. The van der Waals surface area contributed by atoms with Crippen LogP contribution >= 0.6 is 0 Å². The Balaban J connectivity index is 1.91. The maximum atomic E-state index is 12.4. The monoisotopic (exact) mass is 370 g/mol. The van der Waals surface area contributed by atoms with Crippen molar-refractivity contribution < 1.29 is 14.6 Å². The number of amides is 2. The number of aliphatic hydroxyl groups is 1. The normalized spacial score (nSPS) is 11.7. The van der Waals surface area contributed by atoms with E-state index >= 15 is 0 Å². The molecule has 2 aromatic rings. The van der Waals surface area contributed by atoms with Crippen LogP contribution in [0.2, 0.25) is 0 Å². The summed E-state index contributed by atoms with van der Waals surface area (Å²) in [6, 6.07) is 15.4. The Morgan fingerprint density at radius 1 is 1.19 bits per heavy atom. The molecule has 0 aliphatic carbocycles. The predicted molar refractivity (Wildman–Crippen MR) is 108 cm³/mol. The zero-order valence-electron chi connectivity index (χ0n) is 16.2. The number of aliphatic hydroxyl groups excluding tert-OH is 1. The number of ether oxygens (including phenoxy) is 1. The van der Waals surface area contributed by atoms with E-state index in [0.29, 0.717) is 26.0 Å². The smallest absolute Gasteiger partial charge is 0.315 e. The highest BCUT2D eigenvalue weighted by atomic mass is 16.5. The third-order valence-electron chi connectivity index (χ3n) is 4.38. The topological polar surface area (TPSA) is 70.6 Å². The fraction of sp³-hybridized carbons (Fsp3) is 0.409. The van der Waals surface area contributed by atoms with Gasteiger partial charge >= 0.3 is 6.03 Å². The Hall–Kier alpha value is -2.53. The van der Waals surface area contributed by atoms with E-state index in [4.69, 9.17) is 9.84 Å². The van der Waals surface area contributed by atoms with Gasteiger partial charge in [0.15, 0.2) is 0 Å². The first-order valence-corrected chi connectivity index (χ1v) is 9.56. The summed E-state index contributed by atoms with van der Waals surface area (Å²) in [7, 11) is 0. The molecular weight excluding hydrogens is 340 g/mol. The molecule has 3 N–H and O–H groups in total. The van der Waals surface area contributed by atoms with Crippen LogP contribution in [0.4, 0.5) is 4.79 Å². The lowest BCUT2D eigenvalue weighted by Crippen LogP contribution is -2.37. The zero-order valence-corrected chi connectivity index (χ0v) is 16.2. The van der Waals surface area contributed by atoms with Gasteiger partial charge in [-0.25, -0.2) is 4.79 Å². The highest BCUT2D eigenvalue weighted by Gasteiger charge is 2.14. The van der Waals surface area contributed by atoms with E-state index in [2.05, 4.69) is 17.6 Å². The maximum absolute atomic E-state index is 12.4. The molecule has 0 unspecified atom stereocenters. The van der Waals surface area contributed by atoms with E-state index in [-0.39, 0.29) is 18.7 Å². The number of urea groups is 1.